The number of azide groups is 1. The van der Waals surface area contributed by atoms with Gasteiger partial charge in [-0.05, 0) is 5.53 Å². The third kappa shape index (κ3) is 3.56. The van der Waals surface area contributed by atoms with Gasteiger partial charge >= 0.3 is 0 Å². The molecule has 1 aromatic rings. The van der Waals surface area contributed by atoms with Gasteiger partial charge in [-0.3, -0.25) is 19.6 Å². The van der Waals surface area contributed by atoms with Crippen LogP contribution in [0.3, 0.4) is 0 Å². The molecule has 1 rings (SSSR count). The van der Waals surface area contributed by atoms with Crippen LogP contribution < -0.4 is 11.2 Å². The summed E-state index contributed by atoms with van der Waals surface area (Å²) in [5, 5.41) is 12.0. The second-order valence-electron chi connectivity index (χ2n) is 4.25. The topological polar surface area (TPSA) is 158 Å². The van der Waals surface area contributed by atoms with Gasteiger partial charge in [-0.25, -0.2) is 5.48 Å². The van der Waals surface area contributed by atoms with Gasteiger partial charge in [0.1, 0.15) is 5.41 Å². The molecule has 0 aliphatic rings. The number of carbonyl (C=O) groups excluding carboxylic acids is 3. The van der Waals surface area contributed by atoms with E-state index >= 15 is 0 Å². The van der Waals surface area contributed by atoms with E-state index in [9.17, 15) is 14.4 Å². The predicted octanol–water partition coefficient (Wildman–Crippen LogP) is 0.547. The minimum Gasteiger partial charge on any atom is -0.370 e. The normalized spacial score (nSPS) is 12.6. The highest BCUT2D eigenvalue weighted by Crippen LogP contribution is 2.28. The molecule has 4 N–H and O–H groups in total. The molecule has 1 atom stereocenters. The molecule has 21 heavy (non-hydrogen) atoms. The summed E-state index contributed by atoms with van der Waals surface area (Å²) in [6.45, 7) is -0.646. The third-order valence-corrected chi connectivity index (χ3v) is 2.89. The summed E-state index contributed by atoms with van der Waals surface area (Å²) < 4.78 is 0. The number of Topliss-reactive ketones (excluding diaryl/α,β-unsaturated/α-hetero) is 1. The summed E-state index contributed by atoms with van der Waals surface area (Å²) in [7, 11) is 0. The van der Waals surface area contributed by atoms with Crippen LogP contribution in [0, 0.1) is 5.41 Å². The average Bonchev–Trinajstić information content (AvgIpc) is 2.50. The van der Waals surface area contributed by atoms with Crippen molar-refractivity contribution < 1.29 is 19.6 Å². The van der Waals surface area contributed by atoms with Crippen LogP contribution in [0.4, 0.5) is 0 Å². The maximum Gasteiger partial charge on any atom is 0.258 e. The first kappa shape index (κ1) is 16.2. The average molecular weight is 291 g/mol. The minimum absolute atomic E-state index is 0.121. The van der Waals surface area contributed by atoms with E-state index in [1.807, 2.05) is 0 Å². The van der Waals surface area contributed by atoms with E-state index < -0.39 is 36.0 Å². The van der Waals surface area contributed by atoms with Gasteiger partial charge in [0, 0.05) is 23.4 Å². The van der Waals surface area contributed by atoms with Crippen molar-refractivity contribution in [2.75, 3.05) is 6.54 Å². The van der Waals surface area contributed by atoms with E-state index in [0.29, 0.717) is 0 Å². The summed E-state index contributed by atoms with van der Waals surface area (Å²) in [6, 6.07) is 7.64. The number of carbonyl (C=O) groups is 3. The Morgan fingerprint density at radius 1 is 1.33 bits per heavy atom. The number of hydrogen-bond acceptors (Lipinski definition) is 5. The zero-order chi connectivity index (χ0) is 15.9. The number of nitrogens with two attached hydrogens (primary N) is 1. The van der Waals surface area contributed by atoms with Gasteiger partial charge in [0.15, 0.2) is 5.78 Å². The van der Waals surface area contributed by atoms with E-state index in [4.69, 9.17) is 16.5 Å². The molecule has 110 valence electrons. The fourth-order valence-electron chi connectivity index (χ4n) is 1.89. The third-order valence-electron chi connectivity index (χ3n) is 2.89. The first-order valence-corrected chi connectivity index (χ1v) is 5.81. The summed E-state index contributed by atoms with van der Waals surface area (Å²) in [6.07, 6.45) is -0.702. The number of rotatable bonds is 7. The van der Waals surface area contributed by atoms with Crippen LogP contribution in [0.2, 0.25) is 0 Å². The number of ketones is 1. The lowest BCUT2D eigenvalue weighted by Gasteiger charge is -2.27. The molecule has 0 heterocycles. The van der Waals surface area contributed by atoms with E-state index in [1.54, 1.807) is 18.2 Å². The zero-order valence-corrected chi connectivity index (χ0v) is 10.9. The maximum atomic E-state index is 12.5. The van der Waals surface area contributed by atoms with E-state index in [1.165, 1.54) is 17.6 Å². The molecule has 2 amide bonds. The van der Waals surface area contributed by atoms with Crippen molar-refractivity contribution in [2.24, 2.45) is 16.3 Å². The Hall–Kier alpha value is -2.90. The van der Waals surface area contributed by atoms with Crippen LogP contribution in [-0.4, -0.2) is 29.3 Å². The molecule has 0 aromatic heterocycles. The highest BCUT2D eigenvalue weighted by molar-refractivity contribution is 6.15. The van der Waals surface area contributed by atoms with Gasteiger partial charge in [-0.2, -0.15) is 0 Å². The first-order chi connectivity index (χ1) is 9.97. The Kier molecular flexibility index (Phi) is 5.41. The number of nitrogens with one attached hydrogen (secondary N) is 1. The van der Waals surface area contributed by atoms with E-state index in [0.717, 1.165) is 0 Å². The molecule has 1 aromatic carbocycles. The Balaban J connectivity index is 3.38. The fourth-order valence-corrected chi connectivity index (χ4v) is 1.89. The Labute approximate surface area is 119 Å². The van der Waals surface area contributed by atoms with Crippen LogP contribution >= 0.6 is 0 Å². The van der Waals surface area contributed by atoms with Gasteiger partial charge in [-0.15, -0.1) is 0 Å². The van der Waals surface area contributed by atoms with Crippen LogP contribution in [0.25, 0.3) is 10.4 Å². The van der Waals surface area contributed by atoms with Crippen molar-refractivity contribution in [3.05, 3.63) is 46.3 Å². The van der Waals surface area contributed by atoms with Crippen molar-refractivity contribution in [3.63, 3.8) is 0 Å². The quantitative estimate of drug-likeness (QED) is 0.127. The SMILES string of the molecule is [N-]=[N+]=NCC(CC(N)=O)(C(=O)NO)C(=O)c1ccccc1. The number of amides is 2. The lowest BCUT2D eigenvalue weighted by molar-refractivity contribution is -0.139. The minimum atomic E-state index is -2.09. The number of nitrogens with zero attached hydrogens (tertiary/aromatic N) is 3. The van der Waals surface area contributed by atoms with Crippen molar-refractivity contribution in [3.8, 4) is 0 Å². The van der Waals surface area contributed by atoms with Crippen molar-refractivity contribution >= 4 is 17.6 Å². The lowest BCUT2D eigenvalue weighted by atomic mass is 9.76. The number of benzene rings is 1. The molecule has 0 radical (unpaired) electrons. The number of primary amides is 1. The fraction of sp³-hybridized carbons (Fsp3) is 0.250. The Morgan fingerprint density at radius 3 is 2.43 bits per heavy atom. The number of hydrogen-bond donors (Lipinski definition) is 3. The maximum absolute atomic E-state index is 12.5. The van der Waals surface area contributed by atoms with E-state index in [2.05, 4.69) is 10.0 Å². The molecule has 0 aliphatic carbocycles. The van der Waals surface area contributed by atoms with Gasteiger partial charge in [0.25, 0.3) is 5.91 Å². The highest BCUT2D eigenvalue weighted by Gasteiger charge is 2.47. The number of hydroxylamine groups is 1. The zero-order valence-electron chi connectivity index (χ0n) is 10.9. The van der Waals surface area contributed by atoms with Crippen molar-refractivity contribution in [1.82, 2.24) is 5.48 Å². The molecule has 0 fully saturated rings. The van der Waals surface area contributed by atoms with Crippen LogP contribution in [0.5, 0.6) is 0 Å². The van der Waals surface area contributed by atoms with Crippen molar-refractivity contribution in [2.45, 2.75) is 6.42 Å². The van der Waals surface area contributed by atoms with Gasteiger partial charge in [0.2, 0.25) is 5.91 Å². The van der Waals surface area contributed by atoms with Gasteiger partial charge in [0.05, 0.1) is 0 Å². The monoisotopic (exact) mass is 291 g/mol. The molecular weight excluding hydrogens is 278 g/mol. The summed E-state index contributed by atoms with van der Waals surface area (Å²) in [5.41, 5.74) is 12.8. The van der Waals surface area contributed by atoms with Crippen LogP contribution in [0.1, 0.15) is 16.8 Å². The Bertz CT molecular complexity index is 591. The first-order valence-electron chi connectivity index (χ1n) is 5.81. The smallest absolute Gasteiger partial charge is 0.258 e. The summed E-state index contributed by atoms with van der Waals surface area (Å²) in [4.78, 5) is 38.1. The van der Waals surface area contributed by atoms with Gasteiger partial charge in [-0.1, -0.05) is 35.4 Å². The molecule has 0 saturated carbocycles. The lowest BCUT2D eigenvalue weighted by Crippen LogP contribution is -2.50. The molecule has 9 heteroatoms. The molecule has 9 nitrogen and oxygen atoms in total. The molecule has 1 unspecified atom stereocenters. The Morgan fingerprint density at radius 2 is 1.95 bits per heavy atom. The molecule has 0 aliphatic heterocycles. The predicted molar refractivity (Wildman–Crippen MR) is 71.0 cm³/mol. The standard InChI is InChI=1S/C12H13N5O4/c13-9(18)6-12(7-15-17-14,11(20)16-21)10(19)8-4-2-1-3-5-8/h1-5,21H,6-7H2,(H2,13,18)(H,16,20). The second-order valence-corrected chi connectivity index (χ2v) is 4.25. The molecule has 0 spiro atoms. The summed E-state index contributed by atoms with van der Waals surface area (Å²) >= 11 is 0. The molecule has 0 bridgehead atoms. The summed E-state index contributed by atoms with van der Waals surface area (Å²) in [5.74, 6) is -2.89. The second kappa shape index (κ2) is 7.04. The van der Waals surface area contributed by atoms with Crippen molar-refractivity contribution in [1.29, 1.82) is 0 Å². The molecule has 0 saturated heterocycles. The van der Waals surface area contributed by atoms with Gasteiger partial charge < -0.3 is 5.73 Å². The molecular formula is C12H13N5O4. The van der Waals surface area contributed by atoms with Crippen LogP contribution in [-0.2, 0) is 9.59 Å². The largest absolute Gasteiger partial charge is 0.370 e. The highest BCUT2D eigenvalue weighted by atomic mass is 16.5. The van der Waals surface area contributed by atoms with Crippen LogP contribution in [0.15, 0.2) is 35.4 Å². The van der Waals surface area contributed by atoms with E-state index in [-0.39, 0.29) is 5.56 Å².